The predicted octanol–water partition coefficient (Wildman–Crippen LogP) is 4.32. The summed E-state index contributed by atoms with van der Waals surface area (Å²) in [4.78, 5) is 9.19. The Morgan fingerprint density at radius 2 is 1.36 bits per heavy atom. The Morgan fingerprint density at radius 1 is 0.810 bits per heavy atom. The van der Waals surface area contributed by atoms with Crippen molar-refractivity contribution in [2.75, 3.05) is 40.5 Å². The van der Waals surface area contributed by atoms with Gasteiger partial charge in [-0.25, -0.2) is 14.4 Å². The lowest BCUT2D eigenvalue weighted by molar-refractivity contribution is 0.291. The first-order chi connectivity index (χ1) is 20.5. The molecule has 0 aliphatic carbocycles. The highest BCUT2D eigenvalue weighted by Crippen LogP contribution is 2.41. The van der Waals surface area contributed by atoms with Gasteiger partial charge in [-0.3, -0.25) is 0 Å². The molecule has 0 aliphatic rings. The van der Waals surface area contributed by atoms with Gasteiger partial charge in [0.15, 0.2) is 0 Å². The number of methoxy groups -OCH3 is 2. The molecule has 2 aromatic heterocycles. The minimum absolute atomic E-state index is 0.00426. The van der Waals surface area contributed by atoms with Crippen LogP contribution in [0.4, 0.5) is 4.39 Å². The highest BCUT2D eigenvalue weighted by atomic mass is 35.5. The van der Waals surface area contributed by atoms with Crippen LogP contribution in [-0.2, 0) is 13.1 Å². The number of halogens is 2. The van der Waals surface area contributed by atoms with E-state index >= 15 is 4.39 Å². The molecule has 4 rings (SSSR count). The first-order valence-corrected chi connectivity index (χ1v) is 13.6. The predicted molar refractivity (Wildman–Crippen MR) is 159 cm³/mol. The second kappa shape index (κ2) is 14.7. The molecule has 0 saturated carbocycles. The smallest absolute Gasteiger partial charge is 0.218 e. The summed E-state index contributed by atoms with van der Waals surface area (Å²) in [5.41, 5.74) is 4.04. The van der Waals surface area contributed by atoms with E-state index < -0.39 is 5.82 Å². The average molecular weight is 592 g/mol. The van der Waals surface area contributed by atoms with Gasteiger partial charge in [0.2, 0.25) is 11.8 Å². The monoisotopic (exact) mass is 591 g/mol. The zero-order valence-corrected chi connectivity index (χ0v) is 24.0. The molecule has 218 valence electrons. The largest absolute Gasteiger partial charge is 0.481 e. The summed E-state index contributed by atoms with van der Waals surface area (Å²) in [7, 11) is 3.01. The Balaban J connectivity index is 1.78. The maximum Gasteiger partial charge on any atom is 0.218 e. The summed E-state index contributed by atoms with van der Waals surface area (Å²) in [6.45, 7) is 1.74. The minimum atomic E-state index is -0.593. The average Bonchev–Trinajstić information content (AvgIpc) is 3.01. The Kier molecular flexibility index (Phi) is 10.8. The molecule has 2 aromatic carbocycles. The third-order valence-electron chi connectivity index (χ3n) is 6.56. The first kappa shape index (κ1) is 30.8. The van der Waals surface area contributed by atoms with E-state index in [1.807, 2.05) is 12.1 Å². The molecule has 0 bridgehead atoms. The van der Waals surface area contributed by atoms with Crippen molar-refractivity contribution in [2.24, 2.45) is 0 Å². The van der Waals surface area contributed by atoms with Crippen molar-refractivity contribution in [1.82, 2.24) is 20.6 Å². The topological polar surface area (TPSA) is 133 Å². The molecule has 0 atom stereocenters. The number of pyridine rings is 2. The molecule has 0 fully saturated rings. The molecule has 9 nitrogen and oxygen atoms in total. The Hall–Kier alpha value is -4.11. The Bertz CT molecular complexity index is 1590. The second-order valence-electron chi connectivity index (χ2n) is 9.15. The molecular formula is C31H31ClFN5O4. The molecule has 0 amide bonds. The third kappa shape index (κ3) is 6.68. The number of nitrogens with zero attached hydrogens (tertiary/aromatic N) is 3. The Labute approximate surface area is 248 Å². The van der Waals surface area contributed by atoms with Gasteiger partial charge < -0.3 is 30.3 Å². The van der Waals surface area contributed by atoms with Crippen molar-refractivity contribution in [2.45, 2.75) is 13.1 Å². The quantitative estimate of drug-likeness (QED) is 0.168. The lowest BCUT2D eigenvalue weighted by Crippen LogP contribution is -2.18. The molecule has 4 N–H and O–H groups in total. The third-order valence-corrected chi connectivity index (χ3v) is 6.95. The maximum absolute atomic E-state index is 15.5. The van der Waals surface area contributed by atoms with Crippen LogP contribution in [0.3, 0.4) is 0 Å². The van der Waals surface area contributed by atoms with E-state index in [0.29, 0.717) is 66.0 Å². The van der Waals surface area contributed by atoms with E-state index in [0.717, 1.165) is 11.1 Å². The zero-order chi connectivity index (χ0) is 30.1. The SMILES string of the molecule is COc1nc(-c2ccc(F)c(-c3cccc(-c4ccc(CNCCO)c(OC)n4)c3C#N)c2Cl)ccc1CNCCO. The Morgan fingerprint density at radius 3 is 1.88 bits per heavy atom. The van der Waals surface area contributed by atoms with Gasteiger partial charge in [0.1, 0.15) is 11.9 Å². The second-order valence-corrected chi connectivity index (χ2v) is 9.53. The van der Waals surface area contributed by atoms with E-state index in [-0.39, 0.29) is 29.4 Å². The number of aliphatic hydroxyl groups excluding tert-OH is 2. The van der Waals surface area contributed by atoms with Crippen molar-refractivity contribution in [3.05, 3.63) is 82.1 Å². The van der Waals surface area contributed by atoms with Gasteiger partial charge in [0, 0.05) is 59.6 Å². The summed E-state index contributed by atoms with van der Waals surface area (Å²) in [5.74, 6) is 0.146. The van der Waals surface area contributed by atoms with E-state index in [4.69, 9.17) is 31.3 Å². The number of rotatable bonds is 13. The van der Waals surface area contributed by atoms with E-state index in [1.54, 1.807) is 36.4 Å². The van der Waals surface area contributed by atoms with E-state index in [9.17, 15) is 5.26 Å². The molecule has 0 spiro atoms. The zero-order valence-electron chi connectivity index (χ0n) is 23.2. The fourth-order valence-corrected chi connectivity index (χ4v) is 4.91. The summed E-state index contributed by atoms with van der Waals surface area (Å²) in [6, 6.07) is 17.3. The van der Waals surface area contributed by atoms with Gasteiger partial charge >= 0.3 is 0 Å². The van der Waals surface area contributed by atoms with Crippen LogP contribution >= 0.6 is 11.6 Å². The van der Waals surface area contributed by atoms with Crippen molar-refractivity contribution < 1.29 is 24.1 Å². The standard InChI is InChI=1S/C31H31ClFN5O4/c1-41-30-19(17-35-12-14-39)6-10-26(37-30)21-4-3-5-22(24(21)16-34)28-25(33)9-8-23(29(28)32)27-11-7-20(18-36-13-15-40)31(38-27)42-2/h3-11,35-36,39-40H,12-15,17-18H2,1-2H3. The van der Waals surface area contributed by atoms with Crippen molar-refractivity contribution in [1.29, 1.82) is 5.26 Å². The van der Waals surface area contributed by atoms with Crippen LogP contribution in [0.25, 0.3) is 33.6 Å². The normalized spacial score (nSPS) is 10.9. The van der Waals surface area contributed by atoms with Gasteiger partial charge in [-0.15, -0.1) is 0 Å². The highest BCUT2D eigenvalue weighted by molar-refractivity contribution is 6.36. The van der Waals surface area contributed by atoms with Gasteiger partial charge in [-0.2, -0.15) is 5.26 Å². The summed E-state index contributed by atoms with van der Waals surface area (Å²) >= 11 is 6.85. The molecule has 4 aromatic rings. The fraction of sp³-hybridized carbons (Fsp3) is 0.258. The van der Waals surface area contributed by atoms with Crippen LogP contribution in [0, 0.1) is 17.1 Å². The molecule has 0 unspecified atom stereocenters. The number of hydrogen-bond acceptors (Lipinski definition) is 9. The van der Waals surface area contributed by atoms with Gasteiger partial charge in [-0.1, -0.05) is 41.9 Å². The number of nitrogens with one attached hydrogen (secondary N) is 2. The number of hydrogen-bond donors (Lipinski definition) is 4. The van der Waals surface area contributed by atoms with Crippen LogP contribution in [0.2, 0.25) is 5.02 Å². The fourth-order valence-electron chi connectivity index (χ4n) is 4.56. The molecule has 2 heterocycles. The summed E-state index contributed by atoms with van der Waals surface area (Å²) in [6.07, 6.45) is 0. The summed E-state index contributed by atoms with van der Waals surface area (Å²) < 4.78 is 26.4. The van der Waals surface area contributed by atoms with E-state index in [2.05, 4.69) is 26.7 Å². The lowest BCUT2D eigenvalue weighted by atomic mass is 9.92. The number of aromatic nitrogens is 2. The first-order valence-electron chi connectivity index (χ1n) is 13.2. The molecule has 0 saturated heterocycles. The minimum Gasteiger partial charge on any atom is -0.481 e. The van der Waals surface area contributed by atoms with Crippen LogP contribution in [0.5, 0.6) is 11.8 Å². The molecular weight excluding hydrogens is 561 g/mol. The van der Waals surface area contributed by atoms with Crippen LogP contribution in [0.1, 0.15) is 16.7 Å². The van der Waals surface area contributed by atoms with Crippen molar-refractivity contribution >= 4 is 11.6 Å². The maximum atomic E-state index is 15.5. The molecule has 11 heteroatoms. The highest BCUT2D eigenvalue weighted by Gasteiger charge is 2.22. The lowest BCUT2D eigenvalue weighted by Gasteiger charge is -2.16. The van der Waals surface area contributed by atoms with Crippen LogP contribution in [0.15, 0.2) is 54.6 Å². The molecule has 42 heavy (non-hydrogen) atoms. The van der Waals surface area contributed by atoms with Crippen LogP contribution < -0.4 is 20.1 Å². The summed E-state index contributed by atoms with van der Waals surface area (Å²) in [5, 5.41) is 34.6. The van der Waals surface area contributed by atoms with Gasteiger partial charge in [-0.05, 0) is 24.3 Å². The molecule has 0 aliphatic heterocycles. The number of nitriles is 1. The van der Waals surface area contributed by atoms with Crippen molar-refractivity contribution in [3.63, 3.8) is 0 Å². The number of aliphatic hydroxyl groups is 2. The van der Waals surface area contributed by atoms with Crippen LogP contribution in [-0.4, -0.2) is 60.7 Å². The number of ether oxygens (including phenoxy) is 2. The van der Waals surface area contributed by atoms with E-state index in [1.165, 1.54) is 20.3 Å². The van der Waals surface area contributed by atoms with Gasteiger partial charge in [0.25, 0.3) is 0 Å². The van der Waals surface area contributed by atoms with Crippen molar-refractivity contribution in [3.8, 4) is 51.5 Å². The van der Waals surface area contributed by atoms with Gasteiger partial charge in [0.05, 0.1) is 49.4 Å². The number of benzene rings is 2. The molecule has 0 radical (unpaired) electrons.